The monoisotopic (exact) mass is 252 g/mol. The average molecular weight is 252 g/mol. The molecule has 0 bridgehead atoms. The average Bonchev–Trinajstić information content (AvgIpc) is 2.21. The van der Waals surface area contributed by atoms with Crippen LogP contribution in [0.2, 0.25) is 0 Å². The normalized spacial score (nSPS) is 22.8. The lowest BCUT2D eigenvalue weighted by atomic mass is 9.64. The lowest BCUT2D eigenvalue weighted by molar-refractivity contribution is 0.0898. The van der Waals surface area contributed by atoms with Gasteiger partial charge in [0, 0.05) is 12.6 Å². The van der Waals surface area contributed by atoms with Crippen LogP contribution in [-0.4, -0.2) is 25.7 Å². The van der Waals surface area contributed by atoms with Crippen molar-refractivity contribution in [2.45, 2.75) is 64.8 Å². The van der Waals surface area contributed by atoms with Gasteiger partial charge in [-0.1, -0.05) is 45.4 Å². The quantitative estimate of drug-likeness (QED) is 0.616. The standard InChI is InChI=1S/C16H32N2/c1-3-10-17-11-13(2)18-12-16(14-6-4-7-14)15-8-5-9-15/h13-18H,3-12H2,1-2H3. The maximum Gasteiger partial charge on any atom is 0.0164 e. The minimum atomic E-state index is 0.624. The first kappa shape index (κ1) is 14.3. The van der Waals surface area contributed by atoms with Crippen LogP contribution in [0.25, 0.3) is 0 Å². The molecular formula is C16H32N2. The molecular weight excluding hydrogens is 220 g/mol. The Hall–Kier alpha value is -0.0800. The van der Waals surface area contributed by atoms with Crippen LogP contribution < -0.4 is 10.6 Å². The van der Waals surface area contributed by atoms with E-state index < -0.39 is 0 Å². The second kappa shape index (κ2) is 7.49. The highest BCUT2D eigenvalue weighted by Gasteiger charge is 2.35. The Morgan fingerprint density at radius 1 is 1.00 bits per heavy atom. The van der Waals surface area contributed by atoms with Gasteiger partial charge in [0.25, 0.3) is 0 Å². The highest BCUT2D eigenvalue weighted by Crippen LogP contribution is 2.44. The molecule has 2 N–H and O–H groups in total. The van der Waals surface area contributed by atoms with E-state index in [0.29, 0.717) is 6.04 Å². The van der Waals surface area contributed by atoms with Gasteiger partial charge in [0.15, 0.2) is 0 Å². The largest absolute Gasteiger partial charge is 0.315 e. The van der Waals surface area contributed by atoms with Crippen molar-refractivity contribution in [1.82, 2.24) is 10.6 Å². The van der Waals surface area contributed by atoms with E-state index >= 15 is 0 Å². The molecule has 0 amide bonds. The van der Waals surface area contributed by atoms with E-state index in [9.17, 15) is 0 Å². The molecule has 2 fully saturated rings. The summed E-state index contributed by atoms with van der Waals surface area (Å²) < 4.78 is 0. The summed E-state index contributed by atoms with van der Waals surface area (Å²) in [5.74, 6) is 3.10. The summed E-state index contributed by atoms with van der Waals surface area (Å²) in [5.41, 5.74) is 0. The molecule has 0 aliphatic heterocycles. The predicted molar refractivity (Wildman–Crippen MR) is 78.8 cm³/mol. The lowest BCUT2D eigenvalue weighted by Crippen LogP contribution is -2.44. The van der Waals surface area contributed by atoms with Gasteiger partial charge in [-0.3, -0.25) is 0 Å². The molecule has 0 saturated heterocycles. The summed E-state index contributed by atoms with van der Waals surface area (Å²) in [7, 11) is 0. The molecule has 1 unspecified atom stereocenters. The van der Waals surface area contributed by atoms with Crippen LogP contribution >= 0.6 is 0 Å². The third-order valence-electron chi connectivity index (χ3n) is 5.09. The molecule has 2 nitrogen and oxygen atoms in total. The van der Waals surface area contributed by atoms with Gasteiger partial charge in [-0.2, -0.15) is 0 Å². The van der Waals surface area contributed by atoms with E-state index in [1.54, 1.807) is 0 Å². The Morgan fingerprint density at radius 2 is 1.61 bits per heavy atom. The zero-order chi connectivity index (χ0) is 12.8. The van der Waals surface area contributed by atoms with E-state index in [1.807, 2.05) is 0 Å². The molecule has 106 valence electrons. The van der Waals surface area contributed by atoms with Gasteiger partial charge in [-0.15, -0.1) is 0 Å². The minimum absolute atomic E-state index is 0.624. The second-order valence-corrected chi connectivity index (χ2v) is 6.56. The number of hydrogen-bond donors (Lipinski definition) is 2. The van der Waals surface area contributed by atoms with Crippen molar-refractivity contribution in [3.8, 4) is 0 Å². The van der Waals surface area contributed by atoms with Crippen LogP contribution in [0, 0.1) is 17.8 Å². The van der Waals surface area contributed by atoms with Crippen molar-refractivity contribution in [3.05, 3.63) is 0 Å². The minimum Gasteiger partial charge on any atom is -0.315 e. The van der Waals surface area contributed by atoms with Crippen LogP contribution in [0.3, 0.4) is 0 Å². The van der Waals surface area contributed by atoms with E-state index in [2.05, 4.69) is 24.5 Å². The van der Waals surface area contributed by atoms with Crippen molar-refractivity contribution >= 4 is 0 Å². The van der Waals surface area contributed by atoms with Crippen LogP contribution in [0.1, 0.15) is 58.8 Å². The summed E-state index contributed by atoms with van der Waals surface area (Å²) in [4.78, 5) is 0. The Morgan fingerprint density at radius 3 is 2.06 bits per heavy atom. The molecule has 0 heterocycles. The van der Waals surface area contributed by atoms with Crippen LogP contribution in [0.4, 0.5) is 0 Å². The Labute approximate surface area is 113 Å². The van der Waals surface area contributed by atoms with E-state index in [1.165, 1.54) is 51.5 Å². The van der Waals surface area contributed by atoms with Crippen molar-refractivity contribution in [3.63, 3.8) is 0 Å². The SMILES string of the molecule is CCCNCC(C)NCC(C1CCC1)C1CCC1. The van der Waals surface area contributed by atoms with Crippen LogP contribution in [0.15, 0.2) is 0 Å². The third-order valence-corrected chi connectivity index (χ3v) is 5.09. The molecule has 0 spiro atoms. The van der Waals surface area contributed by atoms with Crippen molar-refractivity contribution in [2.24, 2.45) is 17.8 Å². The maximum atomic E-state index is 3.78. The smallest absolute Gasteiger partial charge is 0.0164 e. The van der Waals surface area contributed by atoms with Crippen molar-refractivity contribution in [2.75, 3.05) is 19.6 Å². The number of rotatable bonds is 9. The molecule has 0 aromatic carbocycles. The first-order valence-corrected chi connectivity index (χ1v) is 8.25. The zero-order valence-electron chi connectivity index (χ0n) is 12.4. The lowest BCUT2D eigenvalue weighted by Gasteiger charge is -2.43. The summed E-state index contributed by atoms with van der Waals surface area (Å²) in [5, 5.41) is 7.29. The molecule has 2 rings (SSSR count). The second-order valence-electron chi connectivity index (χ2n) is 6.56. The Bertz CT molecular complexity index is 207. The highest BCUT2D eigenvalue weighted by molar-refractivity contribution is 4.88. The molecule has 18 heavy (non-hydrogen) atoms. The molecule has 2 saturated carbocycles. The number of hydrogen-bond acceptors (Lipinski definition) is 2. The van der Waals surface area contributed by atoms with Gasteiger partial charge in [0.1, 0.15) is 0 Å². The van der Waals surface area contributed by atoms with Gasteiger partial charge in [-0.25, -0.2) is 0 Å². The summed E-state index contributed by atoms with van der Waals surface area (Å²) in [6.45, 7) is 8.09. The fourth-order valence-electron chi connectivity index (χ4n) is 3.36. The van der Waals surface area contributed by atoms with E-state index in [-0.39, 0.29) is 0 Å². The molecule has 1 atom stereocenters. The summed E-state index contributed by atoms with van der Waals surface area (Å²) in [6.07, 6.45) is 10.2. The fraction of sp³-hybridized carbons (Fsp3) is 1.00. The summed E-state index contributed by atoms with van der Waals surface area (Å²) in [6, 6.07) is 0.624. The van der Waals surface area contributed by atoms with E-state index in [0.717, 1.165) is 30.8 Å². The third kappa shape index (κ3) is 3.96. The van der Waals surface area contributed by atoms with Gasteiger partial charge < -0.3 is 10.6 Å². The topological polar surface area (TPSA) is 24.1 Å². The zero-order valence-corrected chi connectivity index (χ0v) is 12.4. The highest BCUT2D eigenvalue weighted by atomic mass is 15.0. The number of nitrogens with one attached hydrogen (secondary N) is 2. The van der Waals surface area contributed by atoms with Gasteiger partial charge >= 0.3 is 0 Å². The molecule has 0 radical (unpaired) electrons. The Kier molecular flexibility index (Phi) is 5.97. The van der Waals surface area contributed by atoms with Gasteiger partial charge in [-0.05, 0) is 44.2 Å². The Balaban J connectivity index is 1.64. The molecule has 2 aliphatic rings. The molecule has 2 heteroatoms. The van der Waals surface area contributed by atoms with Gasteiger partial charge in [0.05, 0.1) is 0 Å². The maximum absolute atomic E-state index is 3.78. The van der Waals surface area contributed by atoms with Gasteiger partial charge in [0.2, 0.25) is 0 Å². The first-order chi connectivity index (χ1) is 8.81. The van der Waals surface area contributed by atoms with Crippen molar-refractivity contribution in [1.29, 1.82) is 0 Å². The van der Waals surface area contributed by atoms with E-state index in [4.69, 9.17) is 0 Å². The predicted octanol–water partition coefficient (Wildman–Crippen LogP) is 3.18. The summed E-state index contributed by atoms with van der Waals surface area (Å²) >= 11 is 0. The molecule has 0 aromatic rings. The molecule has 2 aliphatic carbocycles. The first-order valence-electron chi connectivity index (χ1n) is 8.25. The van der Waals surface area contributed by atoms with Crippen LogP contribution in [-0.2, 0) is 0 Å². The fourth-order valence-corrected chi connectivity index (χ4v) is 3.36. The van der Waals surface area contributed by atoms with Crippen molar-refractivity contribution < 1.29 is 0 Å². The molecule has 0 aromatic heterocycles. The van der Waals surface area contributed by atoms with Crippen LogP contribution in [0.5, 0.6) is 0 Å².